The highest BCUT2D eigenvalue weighted by Gasteiger charge is 2.31. The molecule has 3 rings (SSSR count). The standard InChI is InChI=1S/C18H23N3O3S3/c1-3-20(2)15-6-4-5-14(13-15)19-18(22)17-16(7-10-26-17)27(23,24)21-8-11-25-12-9-21/h4-7,10,13H,3,8-9,11-12H2,1-2H3,(H,19,22). The Bertz CT molecular complexity index is 905. The number of benzene rings is 1. The second-order valence-corrected chi connectivity index (χ2v) is 10.2. The van der Waals surface area contributed by atoms with Crippen molar-refractivity contribution in [3.63, 3.8) is 0 Å². The third-order valence-corrected chi connectivity index (χ3v) is 8.37. The number of rotatable bonds is 6. The molecule has 0 atom stereocenters. The van der Waals surface area contributed by atoms with E-state index in [1.165, 1.54) is 10.4 Å². The van der Waals surface area contributed by atoms with E-state index < -0.39 is 15.9 Å². The first-order chi connectivity index (χ1) is 12.9. The first kappa shape index (κ1) is 20.2. The van der Waals surface area contributed by atoms with Crippen LogP contribution in [0.25, 0.3) is 0 Å². The summed E-state index contributed by atoms with van der Waals surface area (Å²) < 4.78 is 27.4. The van der Waals surface area contributed by atoms with Gasteiger partial charge in [0.1, 0.15) is 9.77 Å². The molecule has 1 aromatic carbocycles. The maximum absolute atomic E-state index is 12.9. The van der Waals surface area contributed by atoms with Crippen molar-refractivity contribution >= 4 is 50.4 Å². The molecule has 1 N–H and O–H groups in total. The van der Waals surface area contributed by atoms with Crippen LogP contribution < -0.4 is 10.2 Å². The lowest BCUT2D eigenvalue weighted by atomic mass is 10.2. The molecular formula is C18H23N3O3S3. The van der Waals surface area contributed by atoms with Gasteiger partial charge in [-0.2, -0.15) is 16.1 Å². The van der Waals surface area contributed by atoms with Gasteiger partial charge in [0.25, 0.3) is 5.91 Å². The Balaban J connectivity index is 1.82. The number of nitrogens with zero attached hydrogens (tertiary/aromatic N) is 2. The van der Waals surface area contributed by atoms with Gasteiger partial charge in [-0.1, -0.05) is 6.07 Å². The Morgan fingerprint density at radius 3 is 2.70 bits per heavy atom. The predicted molar refractivity (Wildman–Crippen MR) is 114 cm³/mol. The number of anilines is 2. The topological polar surface area (TPSA) is 69.7 Å². The van der Waals surface area contributed by atoms with Gasteiger partial charge in [-0.05, 0) is 36.6 Å². The Labute approximate surface area is 168 Å². The summed E-state index contributed by atoms with van der Waals surface area (Å²) in [4.78, 5) is 15.2. The first-order valence-corrected chi connectivity index (χ1v) is 12.2. The number of carbonyl (C=O) groups is 1. The molecule has 2 heterocycles. The molecule has 0 bridgehead atoms. The molecule has 1 saturated heterocycles. The summed E-state index contributed by atoms with van der Waals surface area (Å²) in [5.41, 5.74) is 1.63. The van der Waals surface area contributed by atoms with Crippen molar-refractivity contribution in [1.29, 1.82) is 0 Å². The Morgan fingerprint density at radius 1 is 1.26 bits per heavy atom. The molecule has 9 heteroatoms. The van der Waals surface area contributed by atoms with Gasteiger partial charge in [0.05, 0.1) is 0 Å². The molecule has 1 aromatic heterocycles. The van der Waals surface area contributed by atoms with E-state index in [0.29, 0.717) is 18.8 Å². The second-order valence-electron chi connectivity index (χ2n) is 6.15. The highest BCUT2D eigenvalue weighted by molar-refractivity contribution is 7.99. The van der Waals surface area contributed by atoms with Crippen molar-refractivity contribution in [2.24, 2.45) is 0 Å². The monoisotopic (exact) mass is 425 g/mol. The summed E-state index contributed by atoms with van der Waals surface area (Å²) in [5.74, 6) is 1.16. The van der Waals surface area contributed by atoms with Crippen LogP contribution in [0.2, 0.25) is 0 Å². The average Bonchev–Trinajstić information content (AvgIpc) is 3.19. The van der Waals surface area contributed by atoms with E-state index in [0.717, 1.165) is 35.1 Å². The lowest BCUT2D eigenvalue weighted by Crippen LogP contribution is -2.38. The fraction of sp³-hybridized carbons (Fsp3) is 0.389. The zero-order valence-corrected chi connectivity index (χ0v) is 17.8. The van der Waals surface area contributed by atoms with Crippen LogP contribution >= 0.6 is 23.1 Å². The number of carbonyl (C=O) groups excluding carboxylic acids is 1. The van der Waals surface area contributed by atoms with Crippen molar-refractivity contribution in [3.05, 3.63) is 40.6 Å². The molecular weight excluding hydrogens is 402 g/mol. The van der Waals surface area contributed by atoms with Gasteiger partial charge in [0.2, 0.25) is 10.0 Å². The zero-order valence-electron chi connectivity index (χ0n) is 15.3. The van der Waals surface area contributed by atoms with Gasteiger partial charge in [0.15, 0.2) is 0 Å². The maximum Gasteiger partial charge on any atom is 0.267 e. The van der Waals surface area contributed by atoms with Crippen molar-refractivity contribution in [1.82, 2.24) is 4.31 Å². The average molecular weight is 426 g/mol. The van der Waals surface area contributed by atoms with E-state index in [2.05, 4.69) is 10.2 Å². The fourth-order valence-electron chi connectivity index (χ4n) is 2.78. The predicted octanol–water partition coefficient (Wildman–Crippen LogP) is 3.19. The molecule has 146 valence electrons. The first-order valence-electron chi connectivity index (χ1n) is 8.71. The summed E-state index contributed by atoms with van der Waals surface area (Å²) in [7, 11) is -1.68. The highest BCUT2D eigenvalue weighted by atomic mass is 32.2. The normalized spacial score (nSPS) is 15.5. The van der Waals surface area contributed by atoms with Crippen LogP contribution in [-0.2, 0) is 10.0 Å². The van der Waals surface area contributed by atoms with Gasteiger partial charge in [0, 0.05) is 49.6 Å². The van der Waals surface area contributed by atoms with Crippen molar-refractivity contribution in [2.45, 2.75) is 11.8 Å². The largest absolute Gasteiger partial charge is 0.375 e. The van der Waals surface area contributed by atoms with Crippen LogP contribution in [0.1, 0.15) is 16.6 Å². The van der Waals surface area contributed by atoms with Crippen LogP contribution in [0.5, 0.6) is 0 Å². The quantitative estimate of drug-likeness (QED) is 0.770. The number of sulfonamides is 1. The molecule has 0 saturated carbocycles. The van der Waals surface area contributed by atoms with Crippen LogP contribution in [0.3, 0.4) is 0 Å². The number of thiophene rings is 1. The van der Waals surface area contributed by atoms with Crippen molar-refractivity contribution < 1.29 is 13.2 Å². The molecule has 0 aliphatic carbocycles. The molecule has 1 aliphatic heterocycles. The lowest BCUT2D eigenvalue weighted by molar-refractivity contribution is 0.102. The highest BCUT2D eigenvalue weighted by Crippen LogP contribution is 2.28. The molecule has 27 heavy (non-hydrogen) atoms. The molecule has 0 unspecified atom stereocenters. The fourth-order valence-corrected chi connectivity index (χ4v) is 6.66. The smallest absolute Gasteiger partial charge is 0.267 e. The Morgan fingerprint density at radius 2 is 2.00 bits per heavy atom. The van der Waals surface area contributed by atoms with E-state index >= 15 is 0 Å². The minimum absolute atomic E-state index is 0.0960. The van der Waals surface area contributed by atoms with Gasteiger partial charge in [-0.3, -0.25) is 4.79 Å². The summed E-state index contributed by atoms with van der Waals surface area (Å²) in [6.07, 6.45) is 0. The summed E-state index contributed by atoms with van der Waals surface area (Å²) in [5, 5.41) is 4.49. The third kappa shape index (κ3) is 4.48. The van der Waals surface area contributed by atoms with Crippen LogP contribution in [0.4, 0.5) is 11.4 Å². The van der Waals surface area contributed by atoms with Gasteiger partial charge in [-0.25, -0.2) is 8.42 Å². The number of amides is 1. The number of hydrogen-bond acceptors (Lipinski definition) is 6. The minimum Gasteiger partial charge on any atom is -0.375 e. The van der Waals surface area contributed by atoms with E-state index in [9.17, 15) is 13.2 Å². The molecule has 6 nitrogen and oxygen atoms in total. The van der Waals surface area contributed by atoms with Crippen LogP contribution in [0, 0.1) is 0 Å². The summed E-state index contributed by atoms with van der Waals surface area (Å²) >= 11 is 2.89. The van der Waals surface area contributed by atoms with Crippen LogP contribution in [-0.4, -0.2) is 56.8 Å². The summed E-state index contributed by atoms with van der Waals surface area (Å²) in [6.45, 7) is 3.86. The van der Waals surface area contributed by atoms with Crippen LogP contribution in [0.15, 0.2) is 40.6 Å². The van der Waals surface area contributed by atoms with E-state index in [4.69, 9.17) is 0 Å². The zero-order chi connectivity index (χ0) is 19.4. The Kier molecular flexibility index (Phi) is 6.46. The Hall–Kier alpha value is -1.55. The maximum atomic E-state index is 12.9. The molecule has 1 amide bonds. The van der Waals surface area contributed by atoms with Crippen molar-refractivity contribution in [3.8, 4) is 0 Å². The molecule has 0 radical (unpaired) electrons. The molecule has 2 aromatic rings. The molecule has 1 fully saturated rings. The number of nitrogens with one attached hydrogen (secondary N) is 1. The lowest BCUT2D eigenvalue weighted by Gasteiger charge is -2.25. The summed E-state index contributed by atoms with van der Waals surface area (Å²) in [6, 6.07) is 9.04. The minimum atomic E-state index is -3.65. The SMILES string of the molecule is CCN(C)c1cccc(NC(=O)c2sccc2S(=O)(=O)N2CCSCC2)c1. The second kappa shape index (κ2) is 8.64. The van der Waals surface area contributed by atoms with Gasteiger partial charge >= 0.3 is 0 Å². The van der Waals surface area contributed by atoms with E-state index in [1.807, 2.05) is 32.2 Å². The van der Waals surface area contributed by atoms with E-state index in [-0.39, 0.29) is 9.77 Å². The molecule has 1 aliphatic rings. The van der Waals surface area contributed by atoms with Gasteiger partial charge in [-0.15, -0.1) is 11.3 Å². The van der Waals surface area contributed by atoms with Crippen molar-refractivity contribution in [2.75, 3.05) is 48.4 Å². The van der Waals surface area contributed by atoms with Gasteiger partial charge < -0.3 is 10.2 Å². The number of thioether (sulfide) groups is 1. The number of hydrogen-bond donors (Lipinski definition) is 1. The third-order valence-electron chi connectivity index (χ3n) is 4.44. The van der Waals surface area contributed by atoms with E-state index in [1.54, 1.807) is 23.2 Å². The molecule has 0 spiro atoms.